The van der Waals surface area contributed by atoms with Crippen LogP contribution in [0.25, 0.3) is 28.0 Å². The fourth-order valence-electron chi connectivity index (χ4n) is 4.45. The van der Waals surface area contributed by atoms with E-state index < -0.39 is 11.9 Å². The van der Waals surface area contributed by atoms with Crippen LogP contribution in [0.3, 0.4) is 0 Å². The summed E-state index contributed by atoms with van der Waals surface area (Å²) in [6, 6.07) is 6.89. The number of aromatic nitrogens is 8. The smallest absolute Gasteiger partial charge is 0.259 e. The molecule has 0 bridgehead atoms. The Kier molecular flexibility index (Phi) is 5.75. The van der Waals surface area contributed by atoms with Crippen LogP contribution in [0, 0.1) is 19.7 Å². The zero-order valence-electron chi connectivity index (χ0n) is 21.1. The third-order valence-corrected chi connectivity index (χ3v) is 6.58. The molecule has 1 saturated carbocycles. The number of aryl methyl sites for hydroxylation is 2. The van der Waals surface area contributed by atoms with Gasteiger partial charge in [0.2, 0.25) is 5.82 Å². The van der Waals surface area contributed by atoms with Crippen LogP contribution in [0.5, 0.6) is 0 Å². The minimum Gasteiger partial charge on any atom is -0.391 e. The lowest BCUT2D eigenvalue weighted by atomic mass is 10.1. The van der Waals surface area contributed by atoms with E-state index in [1.54, 1.807) is 29.2 Å². The Morgan fingerprint density at radius 3 is 2.79 bits per heavy atom. The first-order valence-corrected chi connectivity index (χ1v) is 12.4. The lowest BCUT2D eigenvalue weighted by Crippen LogP contribution is -2.13. The zero-order chi connectivity index (χ0) is 26.6. The summed E-state index contributed by atoms with van der Waals surface area (Å²) in [6.45, 7) is 5.71. The predicted octanol–water partition coefficient (Wildman–Crippen LogP) is 3.58. The van der Waals surface area contributed by atoms with E-state index in [4.69, 9.17) is 0 Å². The van der Waals surface area contributed by atoms with Crippen LogP contribution in [-0.2, 0) is 6.54 Å². The van der Waals surface area contributed by atoms with Gasteiger partial charge in [-0.05, 0) is 74.2 Å². The number of aliphatic hydroxyl groups excluding tert-OH is 1. The van der Waals surface area contributed by atoms with Crippen LogP contribution in [0.2, 0.25) is 0 Å². The minimum absolute atomic E-state index is 0.171. The number of tetrazole rings is 1. The molecule has 0 aliphatic heterocycles. The highest BCUT2D eigenvalue weighted by molar-refractivity contribution is 6.09. The molecule has 12 heteroatoms. The van der Waals surface area contributed by atoms with E-state index in [1.807, 2.05) is 25.3 Å². The zero-order valence-corrected chi connectivity index (χ0v) is 21.1. The normalized spacial score (nSPS) is 14.2. The summed E-state index contributed by atoms with van der Waals surface area (Å²) < 4.78 is 18.1. The Morgan fingerprint density at radius 1 is 1.21 bits per heavy atom. The van der Waals surface area contributed by atoms with Crippen molar-refractivity contribution in [3.63, 3.8) is 0 Å². The van der Waals surface area contributed by atoms with Crippen LogP contribution < -0.4 is 5.32 Å². The standard InChI is InChI=1S/C26H26FN9O2/c1-14-8-22(27)19(25-30-33-36(32-25)18-4-5-18)10-23(14)29-26(38)20-11-28-35-7-6-17(9-24(20)35)21-13-34(12-15(2)37)31-16(21)3/h6-11,13,15,18,37H,4-5,12H2,1-3H3,(H,29,38)/t15-/m0/s1. The molecule has 11 nitrogen and oxygen atoms in total. The molecule has 2 N–H and O–H groups in total. The van der Waals surface area contributed by atoms with Gasteiger partial charge in [-0.25, -0.2) is 8.91 Å². The SMILES string of the molecule is Cc1cc(F)c(-c2nnn(C3CC3)n2)cc1NC(=O)c1cnn2ccc(-c3cn(C[C@H](C)O)nc3C)cc12. The van der Waals surface area contributed by atoms with Crippen molar-refractivity contribution >= 4 is 17.1 Å². The number of nitrogens with one attached hydrogen (secondary N) is 1. The van der Waals surface area contributed by atoms with E-state index in [1.165, 1.54) is 23.1 Å². The van der Waals surface area contributed by atoms with E-state index in [0.29, 0.717) is 28.9 Å². The molecule has 38 heavy (non-hydrogen) atoms. The van der Waals surface area contributed by atoms with E-state index in [0.717, 1.165) is 29.7 Å². The Morgan fingerprint density at radius 2 is 2.03 bits per heavy atom. The second-order valence-corrected chi connectivity index (χ2v) is 9.77. The maximum Gasteiger partial charge on any atom is 0.259 e. The van der Waals surface area contributed by atoms with Crippen LogP contribution in [0.1, 0.15) is 47.4 Å². The van der Waals surface area contributed by atoms with Gasteiger partial charge in [-0.2, -0.15) is 15.0 Å². The summed E-state index contributed by atoms with van der Waals surface area (Å²) in [6.07, 6.45) is 6.60. The summed E-state index contributed by atoms with van der Waals surface area (Å²) in [5.41, 5.74) is 4.72. The Hall–Kier alpha value is -4.45. The number of carbonyl (C=O) groups excluding carboxylic acids is 1. The van der Waals surface area contributed by atoms with Crippen molar-refractivity contribution in [1.82, 2.24) is 39.6 Å². The first-order chi connectivity index (χ1) is 18.3. The number of rotatable bonds is 7. The van der Waals surface area contributed by atoms with E-state index >= 15 is 0 Å². The van der Waals surface area contributed by atoms with Gasteiger partial charge in [0.15, 0.2) is 0 Å². The first kappa shape index (κ1) is 23.9. The summed E-state index contributed by atoms with van der Waals surface area (Å²) >= 11 is 0. The summed E-state index contributed by atoms with van der Waals surface area (Å²) in [4.78, 5) is 14.9. The van der Waals surface area contributed by atoms with Gasteiger partial charge in [0, 0.05) is 23.6 Å². The van der Waals surface area contributed by atoms with E-state index in [2.05, 4.69) is 30.9 Å². The number of carbonyl (C=O) groups is 1. The van der Waals surface area contributed by atoms with Crippen LogP contribution in [0.4, 0.5) is 10.1 Å². The van der Waals surface area contributed by atoms with Crippen molar-refractivity contribution in [2.24, 2.45) is 0 Å². The van der Waals surface area contributed by atoms with Gasteiger partial charge in [-0.3, -0.25) is 9.48 Å². The number of fused-ring (bicyclic) bond motifs is 1. The van der Waals surface area contributed by atoms with Crippen LogP contribution in [-0.4, -0.2) is 56.7 Å². The lowest BCUT2D eigenvalue weighted by Gasteiger charge is -2.10. The number of aliphatic hydroxyl groups is 1. The molecule has 1 atom stereocenters. The first-order valence-electron chi connectivity index (χ1n) is 12.4. The van der Waals surface area contributed by atoms with Crippen LogP contribution >= 0.6 is 0 Å². The number of nitrogens with zero attached hydrogens (tertiary/aromatic N) is 8. The molecular formula is C26H26FN9O2. The second kappa shape index (κ2) is 9.14. The van der Waals surface area contributed by atoms with E-state index in [9.17, 15) is 14.3 Å². The number of halogens is 1. The Balaban J connectivity index is 1.30. The molecule has 4 aromatic heterocycles. The molecule has 1 aliphatic rings. The van der Waals surface area contributed by atoms with Gasteiger partial charge in [0.25, 0.3) is 5.91 Å². The molecule has 0 radical (unpaired) electrons. The predicted molar refractivity (Wildman–Crippen MR) is 137 cm³/mol. The number of hydrogen-bond acceptors (Lipinski definition) is 7. The molecule has 1 amide bonds. The quantitative estimate of drug-likeness (QED) is 0.339. The lowest BCUT2D eigenvalue weighted by molar-refractivity contribution is 0.102. The maximum atomic E-state index is 14.8. The third-order valence-electron chi connectivity index (χ3n) is 6.58. The molecule has 5 aromatic rings. The van der Waals surface area contributed by atoms with Crippen molar-refractivity contribution in [2.75, 3.05) is 5.32 Å². The van der Waals surface area contributed by atoms with Gasteiger partial charge in [0.1, 0.15) is 5.82 Å². The molecule has 0 spiro atoms. The molecule has 194 valence electrons. The van der Waals surface area contributed by atoms with Gasteiger partial charge >= 0.3 is 0 Å². The Labute approximate surface area is 216 Å². The number of hydrogen-bond donors (Lipinski definition) is 2. The third kappa shape index (κ3) is 4.43. The molecule has 4 heterocycles. The summed E-state index contributed by atoms with van der Waals surface area (Å²) in [5.74, 6) is -0.686. The van der Waals surface area contributed by atoms with Crippen LogP contribution in [0.15, 0.2) is 42.9 Å². The molecule has 0 saturated heterocycles. The fraction of sp³-hybridized carbons (Fsp3) is 0.308. The highest BCUT2D eigenvalue weighted by atomic mass is 19.1. The average Bonchev–Trinajstić information content (AvgIpc) is 3.28. The molecular weight excluding hydrogens is 489 g/mol. The topological polar surface area (TPSA) is 128 Å². The van der Waals surface area contributed by atoms with Crippen molar-refractivity contribution < 1.29 is 14.3 Å². The average molecular weight is 516 g/mol. The molecule has 1 aliphatic carbocycles. The number of amides is 1. The van der Waals surface area contributed by atoms with Crippen molar-refractivity contribution in [1.29, 1.82) is 0 Å². The largest absolute Gasteiger partial charge is 0.391 e. The Bertz CT molecular complexity index is 1680. The minimum atomic E-state index is -0.522. The highest BCUT2D eigenvalue weighted by Gasteiger charge is 2.27. The summed E-state index contributed by atoms with van der Waals surface area (Å²) in [7, 11) is 0. The number of pyridine rings is 1. The second-order valence-electron chi connectivity index (χ2n) is 9.77. The number of benzene rings is 1. The summed E-state index contributed by atoms with van der Waals surface area (Å²) in [5, 5.41) is 33.8. The molecule has 6 rings (SSSR count). The van der Waals surface area contributed by atoms with Crippen molar-refractivity contribution in [2.45, 2.75) is 52.3 Å². The van der Waals surface area contributed by atoms with Crippen molar-refractivity contribution in [3.05, 3.63) is 65.5 Å². The maximum absolute atomic E-state index is 14.8. The van der Waals surface area contributed by atoms with Gasteiger partial charge in [0.05, 0.1) is 47.2 Å². The molecule has 1 fully saturated rings. The van der Waals surface area contributed by atoms with E-state index in [-0.39, 0.29) is 23.3 Å². The van der Waals surface area contributed by atoms with Gasteiger partial charge in [-0.1, -0.05) is 0 Å². The number of anilines is 1. The van der Waals surface area contributed by atoms with Gasteiger partial charge < -0.3 is 10.4 Å². The van der Waals surface area contributed by atoms with Crippen molar-refractivity contribution in [3.8, 4) is 22.5 Å². The molecule has 0 unspecified atom stereocenters. The monoisotopic (exact) mass is 515 g/mol. The fourth-order valence-corrected chi connectivity index (χ4v) is 4.45. The van der Waals surface area contributed by atoms with Gasteiger partial charge in [-0.15, -0.1) is 10.2 Å². The molecule has 1 aromatic carbocycles. The highest BCUT2D eigenvalue weighted by Crippen LogP contribution is 2.34.